The van der Waals surface area contributed by atoms with Gasteiger partial charge >= 0.3 is 11.5 Å². The van der Waals surface area contributed by atoms with E-state index < -0.39 is 12.1 Å². The summed E-state index contributed by atoms with van der Waals surface area (Å²) in [5.41, 5.74) is 2.95. The van der Waals surface area contributed by atoms with Crippen molar-refractivity contribution in [1.29, 1.82) is 0 Å². The van der Waals surface area contributed by atoms with Gasteiger partial charge in [0.05, 0.1) is 13.6 Å². The van der Waals surface area contributed by atoms with Crippen LogP contribution in [0.15, 0.2) is 34.2 Å². The summed E-state index contributed by atoms with van der Waals surface area (Å²) in [4.78, 5) is 29.0. The molecule has 0 aliphatic carbocycles. The van der Waals surface area contributed by atoms with E-state index in [1.54, 1.807) is 23.6 Å². The lowest BCUT2D eigenvalue weighted by atomic mass is 10.1. The van der Waals surface area contributed by atoms with E-state index in [0.29, 0.717) is 42.7 Å². The van der Waals surface area contributed by atoms with Crippen LogP contribution >= 0.6 is 0 Å². The lowest BCUT2D eigenvalue weighted by Crippen LogP contribution is -2.99. The summed E-state index contributed by atoms with van der Waals surface area (Å²) >= 11 is 0. The number of benzene rings is 1. The zero-order valence-electron chi connectivity index (χ0n) is 19.1. The minimum absolute atomic E-state index is 0.0885. The van der Waals surface area contributed by atoms with E-state index in [0.717, 1.165) is 29.1 Å². The molecule has 2 aromatic rings. The SMILES string of the molecule is CCCC1=N[NH+](C)c2c1nc(C)n(CCOc1ccc(C[C@H](OCC)C(=O)O)cc1)c2=O. The number of nitrogens with one attached hydrogen (secondary N) is 1. The number of carbonyl (C=O) groups is 1. The van der Waals surface area contributed by atoms with E-state index in [4.69, 9.17) is 9.47 Å². The van der Waals surface area contributed by atoms with Crippen LogP contribution in [-0.4, -0.2) is 52.7 Å². The molecule has 3 rings (SSSR count). The van der Waals surface area contributed by atoms with Crippen molar-refractivity contribution < 1.29 is 24.4 Å². The molecule has 1 aliphatic rings. The Bertz CT molecular complexity index is 1050. The van der Waals surface area contributed by atoms with Crippen molar-refractivity contribution in [3.63, 3.8) is 0 Å². The second-order valence-corrected chi connectivity index (χ2v) is 7.71. The first-order valence-electron chi connectivity index (χ1n) is 10.9. The van der Waals surface area contributed by atoms with E-state index in [1.165, 1.54) is 0 Å². The molecule has 0 saturated heterocycles. The molecule has 0 saturated carbocycles. The fraction of sp³-hybridized carbons (Fsp3) is 0.478. The molecule has 2 atom stereocenters. The zero-order valence-corrected chi connectivity index (χ0v) is 19.1. The number of aliphatic carboxylic acids is 1. The standard InChI is InChI=1S/C23H30N4O5/c1-5-7-18-20-21(26(4)25-18)22(28)27(15(3)24-20)12-13-32-17-10-8-16(9-11-17)14-19(23(29)30)31-6-2/h8-11,19H,5-7,12-14H2,1-4H3,(H,29,30)/p+1/t19-/m0/s1. The highest BCUT2D eigenvalue weighted by Crippen LogP contribution is 2.16. The maximum Gasteiger partial charge on any atom is 0.333 e. The highest BCUT2D eigenvalue weighted by Gasteiger charge is 2.32. The minimum atomic E-state index is -0.976. The van der Waals surface area contributed by atoms with Crippen LogP contribution in [0.2, 0.25) is 0 Å². The molecule has 1 aromatic heterocycles. The summed E-state index contributed by atoms with van der Waals surface area (Å²) in [6, 6.07) is 7.23. The van der Waals surface area contributed by atoms with Crippen LogP contribution in [0, 0.1) is 6.92 Å². The van der Waals surface area contributed by atoms with Crippen molar-refractivity contribution in [2.75, 3.05) is 20.3 Å². The fourth-order valence-corrected chi connectivity index (χ4v) is 3.79. The molecular weight excluding hydrogens is 412 g/mol. The summed E-state index contributed by atoms with van der Waals surface area (Å²) in [6.07, 6.45) is 1.18. The molecule has 172 valence electrons. The highest BCUT2D eigenvalue weighted by molar-refractivity contribution is 6.02. The summed E-state index contributed by atoms with van der Waals surface area (Å²) in [5, 5.41) is 14.5. The van der Waals surface area contributed by atoms with E-state index in [2.05, 4.69) is 17.0 Å². The van der Waals surface area contributed by atoms with Gasteiger partial charge in [0, 0.05) is 13.0 Å². The van der Waals surface area contributed by atoms with Crippen LogP contribution in [-0.2, 0) is 22.5 Å². The number of aromatic nitrogens is 2. The predicted molar refractivity (Wildman–Crippen MR) is 120 cm³/mol. The number of carboxylic acids is 1. The summed E-state index contributed by atoms with van der Waals surface area (Å²) in [7, 11) is 1.85. The molecule has 32 heavy (non-hydrogen) atoms. The Morgan fingerprint density at radius 1 is 1.25 bits per heavy atom. The van der Waals surface area contributed by atoms with Gasteiger partial charge in [0.2, 0.25) is 0 Å². The van der Waals surface area contributed by atoms with E-state index in [1.807, 2.05) is 26.1 Å². The zero-order chi connectivity index (χ0) is 23.3. The normalized spacial score (nSPS) is 15.9. The fourth-order valence-electron chi connectivity index (χ4n) is 3.79. The van der Waals surface area contributed by atoms with Crippen LogP contribution in [0.4, 0.5) is 5.69 Å². The molecule has 0 fully saturated rings. The third kappa shape index (κ3) is 5.23. The van der Waals surface area contributed by atoms with Crippen molar-refractivity contribution in [1.82, 2.24) is 9.55 Å². The van der Waals surface area contributed by atoms with E-state index >= 15 is 0 Å². The molecule has 2 heterocycles. The first kappa shape index (κ1) is 23.6. The van der Waals surface area contributed by atoms with Crippen molar-refractivity contribution in [3.05, 3.63) is 51.7 Å². The molecule has 0 bridgehead atoms. The van der Waals surface area contributed by atoms with Crippen LogP contribution in [0.1, 0.15) is 43.8 Å². The lowest BCUT2D eigenvalue weighted by molar-refractivity contribution is -0.815. The van der Waals surface area contributed by atoms with Gasteiger partial charge in [0.1, 0.15) is 23.9 Å². The smallest absolute Gasteiger partial charge is 0.333 e. The molecule has 0 radical (unpaired) electrons. The Labute approximate surface area is 187 Å². The number of hydrogen-bond acceptors (Lipinski definition) is 6. The third-order valence-corrected chi connectivity index (χ3v) is 5.36. The number of carboxylic acid groups (broad SMARTS) is 1. The summed E-state index contributed by atoms with van der Waals surface area (Å²) < 4.78 is 12.7. The Hall–Kier alpha value is -3.04. The van der Waals surface area contributed by atoms with Gasteiger partial charge in [-0.15, -0.1) is 0 Å². The molecule has 1 unspecified atom stereocenters. The third-order valence-electron chi connectivity index (χ3n) is 5.36. The van der Waals surface area contributed by atoms with Gasteiger partial charge in [0.25, 0.3) is 5.69 Å². The largest absolute Gasteiger partial charge is 0.492 e. The highest BCUT2D eigenvalue weighted by atomic mass is 16.5. The van der Waals surface area contributed by atoms with E-state index in [9.17, 15) is 14.7 Å². The Morgan fingerprint density at radius 2 is 1.97 bits per heavy atom. The molecule has 0 amide bonds. The van der Waals surface area contributed by atoms with Gasteiger partial charge in [-0.1, -0.05) is 30.6 Å². The number of nitrogens with zero attached hydrogens (tertiary/aromatic N) is 3. The molecule has 2 N–H and O–H groups in total. The molecule has 1 aromatic carbocycles. The first-order chi connectivity index (χ1) is 15.3. The molecule has 9 nitrogen and oxygen atoms in total. The maximum absolute atomic E-state index is 13.1. The van der Waals surface area contributed by atoms with Crippen molar-refractivity contribution in [2.24, 2.45) is 5.10 Å². The number of quaternary nitrogens is 1. The van der Waals surface area contributed by atoms with Crippen molar-refractivity contribution in [3.8, 4) is 5.75 Å². The maximum atomic E-state index is 13.1. The van der Waals surface area contributed by atoms with Crippen LogP contribution < -0.4 is 15.3 Å². The Kier molecular flexibility index (Phi) is 7.76. The second-order valence-electron chi connectivity index (χ2n) is 7.71. The average molecular weight is 444 g/mol. The van der Waals surface area contributed by atoms with Crippen LogP contribution in [0.25, 0.3) is 0 Å². The van der Waals surface area contributed by atoms with Gasteiger partial charge in [0.15, 0.2) is 11.8 Å². The van der Waals surface area contributed by atoms with Crippen LogP contribution in [0.5, 0.6) is 5.75 Å². The molecule has 1 aliphatic heterocycles. The van der Waals surface area contributed by atoms with Gasteiger partial charge < -0.3 is 14.6 Å². The number of fused-ring (bicyclic) bond motifs is 1. The predicted octanol–water partition coefficient (Wildman–Crippen LogP) is 1.33. The quantitative estimate of drug-likeness (QED) is 0.543. The van der Waals surface area contributed by atoms with Gasteiger partial charge in [-0.2, -0.15) is 5.01 Å². The molecule has 9 heteroatoms. The molecule has 0 spiro atoms. The number of ether oxygens (including phenoxy) is 2. The number of rotatable bonds is 11. The number of aryl methyl sites for hydroxylation is 1. The van der Waals surface area contributed by atoms with Crippen molar-refractivity contribution >= 4 is 17.4 Å². The topological polar surface area (TPSA) is 107 Å². The average Bonchev–Trinajstić information content (AvgIpc) is 3.06. The summed E-state index contributed by atoms with van der Waals surface area (Å²) in [5.74, 6) is 0.311. The number of hydrogen-bond donors (Lipinski definition) is 2. The first-order valence-corrected chi connectivity index (χ1v) is 10.9. The monoisotopic (exact) mass is 443 g/mol. The van der Waals surface area contributed by atoms with Crippen LogP contribution in [0.3, 0.4) is 0 Å². The van der Waals surface area contributed by atoms with E-state index in [-0.39, 0.29) is 12.0 Å². The minimum Gasteiger partial charge on any atom is -0.492 e. The van der Waals surface area contributed by atoms with Gasteiger partial charge in [-0.3, -0.25) is 9.36 Å². The van der Waals surface area contributed by atoms with Gasteiger partial charge in [-0.25, -0.2) is 9.78 Å². The Balaban J connectivity index is 1.63. The lowest BCUT2D eigenvalue weighted by Gasteiger charge is -2.14. The Morgan fingerprint density at radius 3 is 2.59 bits per heavy atom. The molecular formula is C23H31N4O5+. The van der Waals surface area contributed by atoms with Crippen molar-refractivity contribution in [2.45, 2.75) is 52.7 Å². The second kappa shape index (κ2) is 10.5. The summed E-state index contributed by atoms with van der Waals surface area (Å²) in [6.45, 7) is 6.69. The van der Waals surface area contributed by atoms with Gasteiger partial charge in [-0.05, 0) is 38.0 Å².